The first-order valence-corrected chi connectivity index (χ1v) is 7.83. The fourth-order valence-electron chi connectivity index (χ4n) is 3.08. The van der Waals surface area contributed by atoms with E-state index < -0.39 is 0 Å². The van der Waals surface area contributed by atoms with Crippen LogP contribution in [-0.2, 0) is 0 Å². The van der Waals surface area contributed by atoms with E-state index in [1.165, 1.54) is 0 Å². The van der Waals surface area contributed by atoms with Crippen molar-refractivity contribution in [1.29, 1.82) is 0 Å². The summed E-state index contributed by atoms with van der Waals surface area (Å²) in [5, 5.41) is 14.9. The molecule has 0 bridgehead atoms. The van der Waals surface area contributed by atoms with Crippen molar-refractivity contribution in [3.05, 3.63) is 23.5 Å². The van der Waals surface area contributed by atoms with E-state index in [-0.39, 0.29) is 12.1 Å². The number of rotatable bonds is 3. The third-order valence-electron chi connectivity index (χ3n) is 4.39. The molecule has 120 valence electrons. The van der Waals surface area contributed by atoms with Gasteiger partial charge in [0.05, 0.1) is 17.8 Å². The number of aliphatic hydroxyl groups excluding tert-OH is 1. The van der Waals surface area contributed by atoms with E-state index in [9.17, 15) is 5.11 Å². The third-order valence-corrected chi connectivity index (χ3v) is 4.39. The summed E-state index contributed by atoms with van der Waals surface area (Å²) in [6, 6.07) is 4.25. The predicted octanol–water partition coefficient (Wildman–Crippen LogP) is 1.27. The summed E-state index contributed by atoms with van der Waals surface area (Å²) >= 11 is 0. The first-order valence-electron chi connectivity index (χ1n) is 7.83. The van der Waals surface area contributed by atoms with Crippen molar-refractivity contribution in [2.45, 2.75) is 38.8 Å². The van der Waals surface area contributed by atoms with Gasteiger partial charge in [-0.05, 0) is 26.9 Å². The lowest BCUT2D eigenvalue weighted by Gasteiger charge is -2.23. The van der Waals surface area contributed by atoms with Gasteiger partial charge in [0.25, 0.3) is 0 Å². The number of aliphatic hydroxyl groups is 1. The summed E-state index contributed by atoms with van der Waals surface area (Å²) < 4.78 is 1.89. The molecule has 3 heterocycles. The van der Waals surface area contributed by atoms with Gasteiger partial charge in [-0.25, -0.2) is 4.98 Å². The zero-order chi connectivity index (χ0) is 16.0. The minimum Gasteiger partial charge on any atom is -0.390 e. The van der Waals surface area contributed by atoms with Crippen molar-refractivity contribution >= 4 is 11.5 Å². The van der Waals surface area contributed by atoms with Crippen molar-refractivity contribution in [3.63, 3.8) is 0 Å². The van der Waals surface area contributed by atoms with Gasteiger partial charge in [-0.2, -0.15) is 9.61 Å². The standard InChI is InChI=1S/C16H25N5O/c1-10(2)12-7-16(21-15(17-12)6-11(3)18-21)20-8-13(19(4)5)14(22)9-20/h6-7,10,13-14,22H,8-9H2,1-5H3/t13-,14-/m1/s1. The largest absolute Gasteiger partial charge is 0.390 e. The average Bonchev–Trinajstić information content (AvgIpc) is 2.99. The molecule has 6 heteroatoms. The van der Waals surface area contributed by atoms with Crippen LogP contribution >= 0.6 is 0 Å². The molecule has 0 unspecified atom stereocenters. The molecule has 0 aromatic carbocycles. The molecule has 2 atom stereocenters. The normalized spacial score (nSPS) is 22.5. The average molecular weight is 303 g/mol. The molecule has 1 fully saturated rings. The Balaban J connectivity index is 2.06. The highest BCUT2D eigenvalue weighted by Gasteiger charge is 2.34. The molecule has 0 spiro atoms. The van der Waals surface area contributed by atoms with Crippen LogP contribution in [0.1, 0.15) is 31.2 Å². The number of hydrogen-bond donors (Lipinski definition) is 1. The SMILES string of the molecule is Cc1cc2nc(C(C)C)cc(N3C[C@@H](O)[C@H](N(C)C)C3)n2n1. The van der Waals surface area contributed by atoms with E-state index in [4.69, 9.17) is 4.98 Å². The summed E-state index contributed by atoms with van der Waals surface area (Å²) in [6.07, 6.45) is -0.350. The molecule has 0 amide bonds. The summed E-state index contributed by atoms with van der Waals surface area (Å²) in [5.74, 6) is 1.38. The quantitative estimate of drug-likeness (QED) is 0.925. The maximum atomic E-state index is 10.3. The molecule has 1 saturated heterocycles. The van der Waals surface area contributed by atoms with E-state index in [0.29, 0.717) is 12.5 Å². The molecule has 1 aliphatic rings. The maximum absolute atomic E-state index is 10.3. The van der Waals surface area contributed by atoms with Crippen molar-refractivity contribution in [2.24, 2.45) is 0 Å². The lowest BCUT2D eigenvalue weighted by molar-refractivity contribution is 0.114. The van der Waals surface area contributed by atoms with E-state index in [1.807, 2.05) is 31.6 Å². The number of nitrogens with zero attached hydrogens (tertiary/aromatic N) is 5. The van der Waals surface area contributed by atoms with E-state index >= 15 is 0 Å². The highest BCUT2D eigenvalue weighted by molar-refractivity contribution is 5.53. The van der Waals surface area contributed by atoms with Crippen LogP contribution in [0.2, 0.25) is 0 Å². The van der Waals surface area contributed by atoms with Crippen LogP contribution in [-0.4, -0.2) is 63.9 Å². The Morgan fingerprint density at radius 1 is 1.27 bits per heavy atom. The molecule has 6 nitrogen and oxygen atoms in total. The summed E-state index contributed by atoms with van der Waals surface area (Å²) in [7, 11) is 4.02. The second-order valence-corrected chi connectivity index (χ2v) is 6.75. The van der Waals surface area contributed by atoms with Crippen molar-refractivity contribution < 1.29 is 5.11 Å². The van der Waals surface area contributed by atoms with Crippen molar-refractivity contribution in [3.8, 4) is 0 Å². The Hall–Kier alpha value is -1.66. The maximum Gasteiger partial charge on any atom is 0.157 e. The number of fused-ring (bicyclic) bond motifs is 1. The van der Waals surface area contributed by atoms with Gasteiger partial charge in [0.1, 0.15) is 5.82 Å². The Morgan fingerprint density at radius 3 is 2.59 bits per heavy atom. The van der Waals surface area contributed by atoms with Crippen LogP contribution in [0.5, 0.6) is 0 Å². The van der Waals surface area contributed by atoms with E-state index in [0.717, 1.165) is 29.4 Å². The zero-order valence-electron chi connectivity index (χ0n) is 14.0. The monoisotopic (exact) mass is 303 g/mol. The van der Waals surface area contributed by atoms with Crippen molar-refractivity contribution in [1.82, 2.24) is 19.5 Å². The fourth-order valence-corrected chi connectivity index (χ4v) is 3.08. The Bertz CT molecular complexity index is 678. The molecular formula is C16H25N5O. The number of β-amino-alcohol motifs (C(OH)–C–C–N with tert-alkyl or cyclic N) is 1. The summed E-state index contributed by atoms with van der Waals surface area (Å²) in [4.78, 5) is 9.00. The van der Waals surface area contributed by atoms with Crippen LogP contribution in [0.3, 0.4) is 0 Å². The highest BCUT2D eigenvalue weighted by Crippen LogP contribution is 2.26. The molecule has 0 saturated carbocycles. The Morgan fingerprint density at radius 2 is 2.00 bits per heavy atom. The van der Waals surface area contributed by atoms with E-state index in [2.05, 4.69) is 34.8 Å². The van der Waals surface area contributed by atoms with E-state index in [1.54, 1.807) is 0 Å². The Kier molecular flexibility index (Phi) is 3.82. The molecule has 0 aliphatic carbocycles. The smallest absolute Gasteiger partial charge is 0.157 e. The van der Waals surface area contributed by atoms with Crippen LogP contribution in [0.4, 0.5) is 5.82 Å². The van der Waals surface area contributed by atoms with Crippen molar-refractivity contribution in [2.75, 3.05) is 32.1 Å². The van der Waals surface area contributed by atoms with Crippen LogP contribution in [0.15, 0.2) is 12.1 Å². The Labute approximate surface area is 131 Å². The first kappa shape index (κ1) is 15.2. The lowest BCUT2D eigenvalue weighted by Crippen LogP contribution is -2.38. The highest BCUT2D eigenvalue weighted by atomic mass is 16.3. The molecule has 1 N–H and O–H groups in total. The number of aromatic nitrogens is 3. The van der Waals surface area contributed by atoms with Gasteiger partial charge in [-0.3, -0.25) is 0 Å². The lowest BCUT2D eigenvalue weighted by atomic mass is 10.1. The second-order valence-electron chi connectivity index (χ2n) is 6.75. The summed E-state index contributed by atoms with van der Waals surface area (Å²) in [5.41, 5.74) is 2.89. The van der Waals surface area contributed by atoms with Gasteiger partial charge in [-0.15, -0.1) is 0 Å². The number of hydrogen-bond acceptors (Lipinski definition) is 5. The minimum absolute atomic E-state index is 0.141. The molecular weight excluding hydrogens is 278 g/mol. The van der Waals surface area contributed by atoms with Gasteiger partial charge in [0.2, 0.25) is 0 Å². The summed E-state index contributed by atoms with van der Waals surface area (Å²) in [6.45, 7) is 7.69. The molecule has 3 rings (SSSR count). The fraction of sp³-hybridized carbons (Fsp3) is 0.625. The van der Waals surface area contributed by atoms with Gasteiger partial charge < -0.3 is 14.9 Å². The number of aryl methyl sites for hydroxylation is 1. The minimum atomic E-state index is -0.350. The van der Waals surface area contributed by atoms with Gasteiger partial charge >= 0.3 is 0 Å². The number of likely N-dealkylation sites (N-methyl/N-ethyl adjacent to an activating group) is 1. The molecule has 2 aromatic rings. The number of anilines is 1. The molecule has 1 aliphatic heterocycles. The molecule has 0 radical (unpaired) electrons. The molecule has 22 heavy (non-hydrogen) atoms. The topological polar surface area (TPSA) is 56.9 Å². The van der Waals surface area contributed by atoms with Crippen LogP contribution < -0.4 is 4.90 Å². The molecule has 2 aromatic heterocycles. The predicted molar refractivity (Wildman–Crippen MR) is 87.5 cm³/mol. The van der Waals surface area contributed by atoms with Crippen LogP contribution in [0.25, 0.3) is 5.65 Å². The van der Waals surface area contributed by atoms with Gasteiger partial charge in [0.15, 0.2) is 5.65 Å². The first-order chi connectivity index (χ1) is 10.4. The second kappa shape index (κ2) is 5.52. The van der Waals surface area contributed by atoms with Gasteiger partial charge in [-0.1, -0.05) is 13.8 Å². The van der Waals surface area contributed by atoms with Gasteiger partial charge in [0, 0.05) is 30.9 Å². The zero-order valence-corrected chi connectivity index (χ0v) is 14.0. The van der Waals surface area contributed by atoms with Crippen LogP contribution in [0, 0.1) is 6.92 Å². The third kappa shape index (κ3) is 2.57.